The van der Waals surface area contributed by atoms with Crippen LogP contribution < -0.4 is 4.74 Å². The zero-order valence-corrected chi connectivity index (χ0v) is 11.8. The van der Waals surface area contributed by atoms with E-state index in [9.17, 15) is 5.11 Å². The van der Waals surface area contributed by atoms with Crippen molar-refractivity contribution in [2.75, 3.05) is 0 Å². The molecule has 0 fully saturated rings. The summed E-state index contributed by atoms with van der Waals surface area (Å²) >= 11 is 0. The number of hydrogen-bond donors (Lipinski definition) is 1. The first kappa shape index (κ1) is 13.3. The third kappa shape index (κ3) is 3.23. The van der Waals surface area contributed by atoms with Crippen molar-refractivity contribution in [2.45, 2.75) is 6.92 Å². The van der Waals surface area contributed by atoms with Crippen LogP contribution in [0.15, 0.2) is 72.8 Å². The Morgan fingerprint density at radius 1 is 0.714 bits per heavy atom. The van der Waals surface area contributed by atoms with Gasteiger partial charge in [0.05, 0.1) is 0 Å². The van der Waals surface area contributed by atoms with E-state index >= 15 is 0 Å². The van der Waals surface area contributed by atoms with Crippen LogP contribution in [0.1, 0.15) is 5.56 Å². The lowest BCUT2D eigenvalue weighted by Crippen LogP contribution is -1.87. The lowest BCUT2D eigenvalue weighted by Gasteiger charge is -2.10. The first-order chi connectivity index (χ1) is 10.2. The summed E-state index contributed by atoms with van der Waals surface area (Å²) in [6, 6.07) is 23.1. The smallest absolute Gasteiger partial charge is 0.131 e. The Morgan fingerprint density at radius 2 is 1.52 bits per heavy atom. The predicted molar refractivity (Wildman–Crippen MR) is 84.8 cm³/mol. The topological polar surface area (TPSA) is 29.5 Å². The van der Waals surface area contributed by atoms with Crippen LogP contribution in [0.4, 0.5) is 0 Å². The molecule has 21 heavy (non-hydrogen) atoms. The second kappa shape index (κ2) is 5.71. The standard InChI is InChI=1S/C19H16O2/c1-14-10-16(15-6-3-2-4-7-15)12-19(11-14)21-18-9-5-8-17(20)13-18/h2-13,20H,1H3. The molecule has 0 bridgehead atoms. The Labute approximate surface area is 124 Å². The number of benzene rings is 3. The normalized spacial score (nSPS) is 10.3. The Morgan fingerprint density at radius 3 is 2.29 bits per heavy atom. The quantitative estimate of drug-likeness (QED) is 0.716. The monoisotopic (exact) mass is 276 g/mol. The minimum Gasteiger partial charge on any atom is -0.508 e. The van der Waals surface area contributed by atoms with Crippen molar-refractivity contribution < 1.29 is 9.84 Å². The number of ether oxygens (including phenoxy) is 1. The molecular weight excluding hydrogens is 260 g/mol. The lowest BCUT2D eigenvalue weighted by atomic mass is 10.0. The number of aromatic hydroxyl groups is 1. The van der Waals surface area contributed by atoms with Crippen LogP contribution >= 0.6 is 0 Å². The summed E-state index contributed by atoms with van der Waals surface area (Å²) in [5.74, 6) is 1.59. The molecule has 0 radical (unpaired) electrons. The minimum absolute atomic E-state index is 0.198. The van der Waals surface area contributed by atoms with Gasteiger partial charge in [0.15, 0.2) is 0 Å². The molecule has 0 amide bonds. The molecule has 0 aliphatic rings. The molecule has 0 saturated carbocycles. The Kier molecular flexibility index (Phi) is 3.61. The highest BCUT2D eigenvalue weighted by Crippen LogP contribution is 2.30. The summed E-state index contributed by atoms with van der Waals surface area (Å²) in [4.78, 5) is 0. The molecular formula is C19H16O2. The lowest BCUT2D eigenvalue weighted by molar-refractivity contribution is 0.455. The van der Waals surface area contributed by atoms with Crippen LogP contribution in [0.5, 0.6) is 17.2 Å². The molecule has 3 aromatic rings. The van der Waals surface area contributed by atoms with E-state index in [-0.39, 0.29) is 5.75 Å². The average molecular weight is 276 g/mol. The van der Waals surface area contributed by atoms with Crippen molar-refractivity contribution >= 4 is 0 Å². The van der Waals surface area contributed by atoms with E-state index in [0.717, 1.165) is 22.4 Å². The molecule has 0 spiro atoms. The molecule has 0 heterocycles. The van der Waals surface area contributed by atoms with Crippen LogP contribution in [0.2, 0.25) is 0 Å². The largest absolute Gasteiger partial charge is 0.508 e. The number of rotatable bonds is 3. The van der Waals surface area contributed by atoms with Crippen LogP contribution in [0.3, 0.4) is 0 Å². The van der Waals surface area contributed by atoms with Crippen LogP contribution in [-0.4, -0.2) is 5.11 Å². The maximum atomic E-state index is 9.50. The van der Waals surface area contributed by atoms with Gasteiger partial charge < -0.3 is 9.84 Å². The van der Waals surface area contributed by atoms with Gasteiger partial charge in [-0.05, 0) is 47.9 Å². The molecule has 0 aromatic heterocycles. The van der Waals surface area contributed by atoms with Crippen LogP contribution in [-0.2, 0) is 0 Å². The summed E-state index contributed by atoms with van der Waals surface area (Å²) in [5, 5.41) is 9.50. The van der Waals surface area contributed by atoms with Crippen molar-refractivity contribution in [1.82, 2.24) is 0 Å². The molecule has 0 atom stereocenters. The van der Waals surface area contributed by atoms with Gasteiger partial charge in [0, 0.05) is 6.07 Å². The molecule has 0 unspecified atom stereocenters. The summed E-state index contributed by atoms with van der Waals surface area (Å²) in [5.41, 5.74) is 3.40. The van der Waals surface area contributed by atoms with Gasteiger partial charge in [0.1, 0.15) is 17.2 Å². The summed E-state index contributed by atoms with van der Waals surface area (Å²) in [7, 11) is 0. The van der Waals surface area contributed by atoms with Gasteiger partial charge in [-0.1, -0.05) is 42.5 Å². The first-order valence-corrected chi connectivity index (χ1v) is 6.85. The van der Waals surface area contributed by atoms with Crippen molar-refractivity contribution in [3.63, 3.8) is 0 Å². The second-order valence-corrected chi connectivity index (χ2v) is 5.00. The van der Waals surface area contributed by atoms with E-state index in [1.54, 1.807) is 18.2 Å². The molecule has 0 aliphatic carbocycles. The molecule has 0 saturated heterocycles. The fraction of sp³-hybridized carbons (Fsp3) is 0.0526. The van der Waals surface area contributed by atoms with Gasteiger partial charge in [-0.15, -0.1) is 0 Å². The summed E-state index contributed by atoms with van der Waals surface area (Å²) in [6.45, 7) is 2.04. The predicted octanol–water partition coefficient (Wildman–Crippen LogP) is 5.16. The Balaban J connectivity index is 1.95. The highest BCUT2D eigenvalue weighted by molar-refractivity contribution is 5.66. The van der Waals surface area contributed by atoms with Gasteiger partial charge in [-0.25, -0.2) is 0 Å². The van der Waals surface area contributed by atoms with Crippen LogP contribution in [0, 0.1) is 6.92 Å². The van der Waals surface area contributed by atoms with Gasteiger partial charge in [0.2, 0.25) is 0 Å². The number of aryl methyl sites for hydroxylation is 1. The molecule has 3 rings (SSSR count). The number of phenolic OH excluding ortho intramolecular Hbond substituents is 1. The first-order valence-electron chi connectivity index (χ1n) is 6.85. The van der Waals surface area contributed by atoms with Gasteiger partial charge in [0.25, 0.3) is 0 Å². The number of phenols is 1. The van der Waals surface area contributed by atoms with E-state index in [4.69, 9.17) is 4.74 Å². The highest BCUT2D eigenvalue weighted by Gasteiger charge is 2.04. The van der Waals surface area contributed by atoms with Gasteiger partial charge >= 0.3 is 0 Å². The average Bonchev–Trinajstić information content (AvgIpc) is 2.47. The zero-order valence-electron chi connectivity index (χ0n) is 11.8. The fourth-order valence-electron chi connectivity index (χ4n) is 2.29. The van der Waals surface area contributed by atoms with E-state index in [1.165, 1.54) is 0 Å². The molecule has 1 N–H and O–H groups in total. The molecule has 2 heteroatoms. The summed E-state index contributed by atoms with van der Waals surface area (Å²) in [6.07, 6.45) is 0. The minimum atomic E-state index is 0.198. The maximum Gasteiger partial charge on any atom is 0.131 e. The highest BCUT2D eigenvalue weighted by atomic mass is 16.5. The molecule has 104 valence electrons. The second-order valence-electron chi connectivity index (χ2n) is 5.00. The van der Waals surface area contributed by atoms with E-state index < -0.39 is 0 Å². The third-order valence-electron chi connectivity index (χ3n) is 3.21. The van der Waals surface area contributed by atoms with E-state index in [1.807, 2.05) is 43.3 Å². The zero-order chi connectivity index (χ0) is 14.7. The fourth-order valence-corrected chi connectivity index (χ4v) is 2.29. The molecule has 0 aliphatic heterocycles. The van der Waals surface area contributed by atoms with Gasteiger partial charge in [-0.3, -0.25) is 0 Å². The molecule has 2 nitrogen and oxygen atoms in total. The van der Waals surface area contributed by atoms with E-state index in [0.29, 0.717) is 5.75 Å². The Bertz CT molecular complexity index is 749. The van der Waals surface area contributed by atoms with E-state index in [2.05, 4.69) is 18.2 Å². The Hall–Kier alpha value is -2.74. The summed E-state index contributed by atoms with van der Waals surface area (Å²) < 4.78 is 5.84. The van der Waals surface area contributed by atoms with Crippen molar-refractivity contribution in [1.29, 1.82) is 0 Å². The van der Waals surface area contributed by atoms with Gasteiger partial charge in [-0.2, -0.15) is 0 Å². The van der Waals surface area contributed by atoms with Crippen molar-refractivity contribution in [3.8, 4) is 28.4 Å². The van der Waals surface area contributed by atoms with Crippen LogP contribution in [0.25, 0.3) is 11.1 Å². The molecule has 3 aromatic carbocycles. The number of hydrogen-bond acceptors (Lipinski definition) is 2. The third-order valence-corrected chi connectivity index (χ3v) is 3.21. The van der Waals surface area contributed by atoms with Crippen molar-refractivity contribution in [2.24, 2.45) is 0 Å². The SMILES string of the molecule is Cc1cc(Oc2cccc(O)c2)cc(-c2ccccc2)c1. The maximum absolute atomic E-state index is 9.50. The van der Waals surface area contributed by atoms with Crippen molar-refractivity contribution in [3.05, 3.63) is 78.4 Å².